The van der Waals surface area contributed by atoms with Crippen LogP contribution in [0.15, 0.2) is 12.3 Å². The van der Waals surface area contributed by atoms with E-state index in [1.54, 1.807) is 6.20 Å². The zero-order valence-corrected chi connectivity index (χ0v) is 8.31. The number of hydrogen-bond donors (Lipinski definition) is 2. The van der Waals surface area contributed by atoms with Gasteiger partial charge in [0.1, 0.15) is 5.82 Å². The van der Waals surface area contributed by atoms with Gasteiger partial charge in [-0.1, -0.05) is 6.92 Å². The van der Waals surface area contributed by atoms with Gasteiger partial charge >= 0.3 is 0 Å². The third-order valence-corrected chi connectivity index (χ3v) is 1.85. The maximum absolute atomic E-state index is 7.51. The standard InChI is InChI=1S/C10H15N3/c1-4-9(11)5-7(2)10-12-6-8(3)13-10/h5-6,11H,4H2,1-3H3,(H,12,13)/b7-5-,11-9?. The van der Waals surface area contributed by atoms with Gasteiger partial charge in [-0.25, -0.2) is 4.98 Å². The summed E-state index contributed by atoms with van der Waals surface area (Å²) < 4.78 is 0. The zero-order valence-electron chi connectivity index (χ0n) is 8.31. The average molecular weight is 177 g/mol. The van der Waals surface area contributed by atoms with Crippen molar-refractivity contribution in [2.75, 3.05) is 0 Å². The second-order valence-corrected chi connectivity index (χ2v) is 3.12. The summed E-state index contributed by atoms with van der Waals surface area (Å²) in [4.78, 5) is 7.31. The summed E-state index contributed by atoms with van der Waals surface area (Å²) in [6.45, 7) is 5.90. The third kappa shape index (κ3) is 2.54. The van der Waals surface area contributed by atoms with Crippen LogP contribution < -0.4 is 0 Å². The summed E-state index contributed by atoms with van der Waals surface area (Å²) in [7, 11) is 0. The van der Waals surface area contributed by atoms with Crippen molar-refractivity contribution in [3.63, 3.8) is 0 Å². The van der Waals surface area contributed by atoms with Crippen molar-refractivity contribution in [2.45, 2.75) is 27.2 Å². The summed E-state index contributed by atoms with van der Waals surface area (Å²) in [5.74, 6) is 0.857. The normalized spacial score (nSPS) is 11.8. The SMILES string of the molecule is CCC(=N)/C=C(/C)c1ncc(C)[nH]1. The lowest BCUT2D eigenvalue weighted by atomic mass is 10.2. The molecule has 0 aliphatic heterocycles. The van der Waals surface area contributed by atoms with Gasteiger partial charge in [-0.2, -0.15) is 0 Å². The molecule has 1 aromatic rings. The number of hydrogen-bond acceptors (Lipinski definition) is 2. The summed E-state index contributed by atoms with van der Waals surface area (Å²) in [5, 5.41) is 7.51. The Labute approximate surface area is 78.4 Å². The number of aryl methyl sites for hydroxylation is 1. The molecule has 0 radical (unpaired) electrons. The van der Waals surface area contributed by atoms with E-state index in [-0.39, 0.29) is 0 Å². The lowest BCUT2D eigenvalue weighted by Crippen LogP contribution is -1.91. The number of rotatable bonds is 3. The van der Waals surface area contributed by atoms with Crippen molar-refractivity contribution >= 4 is 11.3 Å². The van der Waals surface area contributed by atoms with Crippen molar-refractivity contribution in [3.8, 4) is 0 Å². The molecule has 13 heavy (non-hydrogen) atoms. The van der Waals surface area contributed by atoms with Crippen LogP contribution in [0.4, 0.5) is 0 Å². The van der Waals surface area contributed by atoms with Crippen molar-refractivity contribution in [1.82, 2.24) is 9.97 Å². The molecule has 0 aliphatic rings. The Balaban J connectivity index is 2.84. The lowest BCUT2D eigenvalue weighted by molar-refractivity contribution is 1.19. The molecule has 0 aromatic carbocycles. The minimum atomic E-state index is 0.631. The van der Waals surface area contributed by atoms with Gasteiger partial charge in [0.15, 0.2) is 0 Å². The second-order valence-electron chi connectivity index (χ2n) is 3.12. The minimum Gasteiger partial charge on any atom is -0.342 e. The molecule has 0 atom stereocenters. The Morgan fingerprint density at radius 2 is 2.38 bits per heavy atom. The van der Waals surface area contributed by atoms with Crippen LogP contribution in [0.3, 0.4) is 0 Å². The molecule has 1 rings (SSSR count). The second kappa shape index (κ2) is 4.03. The first kappa shape index (κ1) is 9.71. The van der Waals surface area contributed by atoms with Crippen molar-refractivity contribution < 1.29 is 0 Å². The smallest absolute Gasteiger partial charge is 0.133 e. The van der Waals surface area contributed by atoms with Crippen molar-refractivity contribution in [1.29, 1.82) is 5.41 Å². The molecular formula is C10H15N3. The van der Waals surface area contributed by atoms with E-state index >= 15 is 0 Å². The number of imidazole rings is 1. The van der Waals surface area contributed by atoms with Crippen LogP contribution in [0.25, 0.3) is 5.57 Å². The Bertz CT molecular complexity index is 334. The molecule has 0 unspecified atom stereocenters. The first-order valence-corrected chi connectivity index (χ1v) is 4.41. The number of aromatic amines is 1. The number of H-pyrrole nitrogens is 1. The molecule has 70 valence electrons. The minimum absolute atomic E-state index is 0.631. The van der Waals surface area contributed by atoms with E-state index in [0.29, 0.717) is 5.71 Å². The van der Waals surface area contributed by atoms with Crippen LogP contribution in [0.2, 0.25) is 0 Å². The predicted octanol–water partition coefficient (Wildman–Crippen LogP) is 2.55. The number of aromatic nitrogens is 2. The van der Waals surface area contributed by atoms with E-state index < -0.39 is 0 Å². The van der Waals surface area contributed by atoms with E-state index in [2.05, 4.69) is 9.97 Å². The van der Waals surface area contributed by atoms with Crippen LogP contribution in [-0.2, 0) is 0 Å². The zero-order chi connectivity index (χ0) is 9.84. The molecule has 0 bridgehead atoms. The average Bonchev–Trinajstić information content (AvgIpc) is 2.51. The maximum atomic E-state index is 7.51. The van der Waals surface area contributed by atoms with Gasteiger partial charge in [0.25, 0.3) is 0 Å². The Hall–Kier alpha value is -1.38. The first-order chi connectivity index (χ1) is 6.13. The van der Waals surface area contributed by atoms with Crippen LogP contribution in [0.5, 0.6) is 0 Å². The van der Waals surface area contributed by atoms with Gasteiger partial charge < -0.3 is 10.4 Å². The fourth-order valence-electron chi connectivity index (χ4n) is 1.04. The fourth-order valence-corrected chi connectivity index (χ4v) is 1.04. The lowest BCUT2D eigenvalue weighted by Gasteiger charge is -1.96. The van der Waals surface area contributed by atoms with Gasteiger partial charge in [0, 0.05) is 17.6 Å². The summed E-state index contributed by atoms with van der Waals surface area (Å²) in [6, 6.07) is 0. The molecule has 2 N–H and O–H groups in total. The predicted molar refractivity (Wildman–Crippen MR) is 55.0 cm³/mol. The fraction of sp³-hybridized carbons (Fsp3) is 0.400. The molecule has 0 aliphatic carbocycles. The van der Waals surface area contributed by atoms with Gasteiger partial charge in [-0.3, -0.25) is 0 Å². The first-order valence-electron chi connectivity index (χ1n) is 4.41. The molecule has 1 heterocycles. The van der Waals surface area contributed by atoms with E-state index in [4.69, 9.17) is 5.41 Å². The highest BCUT2D eigenvalue weighted by Gasteiger charge is 1.99. The molecular weight excluding hydrogens is 162 g/mol. The summed E-state index contributed by atoms with van der Waals surface area (Å²) >= 11 is 0. The van der Waals surface area contributed by atoms with Gasteiger partial charge in [-0.15, -0.1) is 0 Å². The number of nitrogens with one attached hydrogen (secondary N) is 2. The highest BCUT2D eigenvalue weighted by Crippen LogP contribution is 2.09. The third-order valence-electron chi connectivity index (χ3n) is 1.85. The van der Waals surface area contributed by atoms with E-state index in [1.807, 2.05) is 26.8 Å². The topological polar surface area (TPSA) is 52.5 Å². The molecule has 3 nitrogen and oxygen atoms in total. The molecule has 0 fully saturated rings. The van der Waals surface area contributed by atoms with Crippen LogP contribution >= 0.6 is 0 Å². The van der Waals surface area contributed by atoms with Crippen LogP contribution in [-0.4, -0.2) is 15.7 Å². The molecule has 0 saturated heterocycles. The monoisotopic (exact) mass is 177 g/mol. The highest BCUT2D eigenvalue weighted by molar-refractivity contribution is 5.97. The van der Waals surface area contributed by atoms with Crippen molar-refractivity contribution in [3.05, 3.63) is 23.8 Å². The summed E-state index contributed by atoms with van der Waals surface area (Å²) in [6.07, 6.45) is 4.40. The maximum Gasteiger partial charge on any atom is 0.133 e. The number of allylic oxidation sites excluding steroid dienone is 2. The number of nitrogens with zero attached hydrogens (tertiary/aromatic N) is 1. The van der Waals surface area contributed by atoms with Gasteiger partial charge in [0.2, 0.25) is 0 Å². The van der Waals surface area contributed by atoms with Crippen LogP contribution in [0, 0.1) is 12.3 Å². The van der Waals surface area contributed by atoms with Crippen LogP contribution in [0.1, 0.15) is 31.8 Å². The Kier molecular flexibility index (Phi) is 3.01. The highest BCUT2D eigenvalue weighted by atomic mass is 14.9. The molecule has 0 amide bonds. The Morgan fingerprint density at radius 1 is 1.69 bits per heavy atom. The quantitative estimate of drug-likeness (QED) is 0.685. The van der Waals surface area contributed by atoms with Gasteiger partial charge in [0.05, 0.1) is 0 Å². The molecule has 0 saturated carbocycles. The van der Waals surface area contributed by atoms with Crippen molar-refractivity contribution in [2.24, 2.45) is 0 Å². The molecule has 3 heteroatoms. The van der Waals surface area contributed by atoms with E-state index in [0.717, 1.165) is 23.5 Å². The largest absolute Gasteiger partial charge is 0.342 e. The van der Waals surface area contributed by atoms with E-state index in [1.165, 1.54) is 0 Å². The summed E-state index contributed by atoms with van der Waals surface area (Å²) in [5.41, 5.74) is 2.69. The molecule has 0 spiro atoms. The van der Waals surface area contributed by atoms with E-state index in [9.17, 15) is 0 Å². The Morgan fingerprint density at radius 3 is 2.85 bits per heavy atom. The van der Waals surface area contributed by atoms with Gasteiger partial charge in [-0.05, 0) is 31.9 Å². The molecule has 1 aromatic heterocycles.